The van der Waals surface area contributed by atoms with Crippen LogP contribution in [0.25, 0.3) is 0 Å². The van der Waals surface area contributed by atoms with Gasteiger partial charge in [-0.15, -0.1) is 0 Å². The molecule has 3 fully saturated rings. The molecule has 0 aliphatic carbocycles. The fourth-order valence-electron chi connectivity index (χ4n) is 5.14. The fraction of sp³-hybridized carbons (Fsp3) is 0.846. The summed E-state index contributed by atoms with van der Waals surface area (Å²) < 4.78 is 0. The van der Waals surface area contributed by atoms with Gasteiger partial charge in [-0.2, -0.15) is 0 Å². The Balaban J connectivity index is 0.000000449. The molecule has 11 heteroatoms. The first-order chi connectivity index (χ1) is 17.3. The van der Waals surface area contributed by atoms with E-state index in [4.69, 9.17) is 5.11 Å². The number of likely N-dealkylation sites (tertiary alicyclic amines) is 3. The third-order valence-electron chi connectivity index (χ3n) is 7.38. The lowest BCUT2D eigenvalue weighted by molar-refractivity contribution is -0.140. The summed E-state index contributed by atoms with van der Waals surface area (Å²) in [5.41, 5.74) is -0.411. The maximum absolute atomic E-state index is 13.4. The predicted octanol–water partition coefficient (Wildman–Crippen LogP) is 2.07. The van der Waals surface area contributed by atoms with E-state index in [2.05, 4.69) is 16.0 Å². The smallest absolute Gasteiger partial charge is 0.407 e. The van der Waals surface area contributed by atoms with Crippen LogP contribution in [-0.4, -0.2) is 107 Å². The summed E-state index contributed by atoms with van der Waals surface area (Å²) in [6.07, 6.45) is 4.04. The second-order valence-electron chi connectivity index (χ2n) is 11.7. The minimum atomic E-state index is -0.769. The first-order valence-corrected chi connectivity index (χ1v) is 13.6. The summed E-state index contributed by atoms with van der Waals surface area (Å²) in [4.78, 5) is 53.8. The van der Waals surface area contributed by atoms with Crippen LogP contribution >= 0.6 is 0 Å². The summed E-state index contributed by atoms with van der Waals surface area (Å²) in [6.45, 7) is 14.3. The van der Waals surface area contributed by atoms with E-state index in [0.29, 0.717) is 13.1 Å². The summed E-state index contributed by atoms with van der Waals surface area (Å²) in [6, 6.07) is -0.872. The summed E-state index contributed by atoms with van der Waals surface area (Å²) in [7, 11) is 1.72. The highest BCUT2D eigenvalue weighted by molar-refractivity contribution is 5.90. The lowest BCUT2D eigenvalue weighted by Gasteiger charge is -2.36. The van der Waals surface area contributed by atoms with Gasteiger partial charge < -0.3 is 35.8 Å². The SMILES string of the molecule is CN[C@@H](C)C(=O)NC(C(=O)N1CC[C@@H]2[C@H]1CCN2C(=O)NC(C)C)C(C)(C)C.O=C(O)N1CCCCC1. The van der Waals surface area contributed by atoms with Gasteiger partial charge in [0, 0.05) is 32.2 Å². The molecule has 0 spiro atoms. The molecule has 0 aromatic heterocycles. The van der Waals surface area contributed by atoms with Gasteiger partial charge in [0.15, 0.2) is 0 Å². The largest absolute Gasteiger partial charge is 0.465 e. The molecular formula is C26H48N6O5. The van der Waals surface area contributed by atoms with Crippen LogP contribution in [-0.2, 0) is 9.59 Å². The molecule has 3 rings (SSSR count). The van der Waals surface area contributed by atoms with Gasteiger partial charge in [-0.05, 0) is 65.3 Å². The third kappa shape index (κ3) is 8.21. The van der Waals surface area contributed by atoms with Crippen molar-refractivity contribution in [3.63, 3.8) is 0 Å². The van der Waals surface area contributed by atoms with Crippen LogP contribution in [0.15, 0.2) is 0 Å². The normalized spacial score (nSPS) is 23.1. The third-order valence-corrected chi connectivity index (χ3v) is 7.38. The van der Waals surface area contributed by atoms with Crippen molar-refractivity contribution >= 4 is 23.9 Å². The molecule has 5 amide bonds. The van der Waals surface area contributed by atoms with Gasteiger partial charge in [-0.1, -0.05) is 20.8 Å². The molecule has 0 bridgehead atoms. The first kappa shape index (κ1) is 30.7. The number of nitrogens with zero attached hydrogens (tertiary/aromatic N) is 3. The Morgan fingerprint density at radius 3 is 1.84 bits per heavy atom. The molecule has 3 saturated heterocycles. The minimum absolute atomic E-state index is 0.0221. The van der Waals surface area contributed by atoms with Gasteiger partial charge in [-0.3, -0.25) is 9.59 Å². The number of carbonyl (C=O) groups excluding carboxylic acids is 3. The Kier molecular flexibility index (Phi) is 11.0. The average Bonchev–Trinajstić information content (AvgIpc) is 3.43. The maximum atomic E-state index is 13.4. The number of nitrogens with one attached hydrogen (secondary N) is 3. The fourth-order valence-corrected chi connectivity index (χ4v) is 5.14. The Labute approximate surface area is 221 Å². The van der Waals surface area contributed by atoms with Crippen molar-refractivity contribution in [3.05, 3.63) is 0 Å². The van der Waals surface area contributed by atoms with Crippen molar-refractivity contribution in [1.29, 1.82) is 0 Å². The highest BCUT2D eigenvalue weighted by atomic mass is 16.4. The van der Waals surface area contributed by atoms with E-state index in [-0.39, 0.29) is 42.0 Å². The number of fused-ring (bicyclic) bond motifs is 1. The number of hydrogen-bond acceptors (Lipinski definition) is 5. The van der Waals surface area contributed by atoms with E-state index >= 15 is 0 Å². The molecule has 11 nitrogen and oxygen atoms in total. The standard InChI is InChI=1S/C20H37N5O3.C6H11NO2/c1-12(2)22-19(28)25-11-9-14-15(25)8-10-24(14)18(27)16(20(4,5)6)23-17(26)13(3)21-7;8-6(9)7-4-2-1-3-5-7/h12-16,21H,8-11H2,1-7H3,(H,22,28)(H,23,26);1-5H2,(H,8,9)/t13-,14+,15+,16?;/m0./s1. The molecule has 0 aromatic carbocycles. The first-order valence-electron chi connectivity index (χ1n) is 13.6. The van der Waals surface area contributed by atoms with E-state index in [1.807, 2.05) is 44.4 Å². The zero-order valence-corrected chi connectivity index (χ0v) is 23.7. The predicted molar refractivity (Wildman–Crippen MR) is 142 cm³/mol. The number of amides is 5. The molecule has 3 aliphatic heterocycles. The molecule has 1 unspecified atom stereocenters. The van der Waals surface area contributed by atoms with Crippen LogP contribution in [0, 0.1) is 5.41 Å². The molecular weight excluding hydrogens is 476 g/mol. The zero-order valence-electron chi connectivity index (χ0n) is 23.7. The maximum Gasteiger partial charge on any atom is 0.407 e. The Morgan fingerprint density at radius 1 is 0.838 bits per heavy atom. The molecule has 3 aliphatic rings. The zero-order chi connectivity index (χ0) is 27.9. The monoisotopic (exact) mass is 524 g/mol. The van der Waals surface area contributed by atoms with Crippen molar-refractivity contribution in [1.82, 2.24) is 30.7 Å². The lowest BCUT2D eigenvalue weighted by Crippen LogP contribution is -2.58. The van der Waals surface area contributed by atoms with Crippen molar-refractivity contribution in [2.75, 3.05) is 33.2 Å². The summed E-state index contributed by atoms with van der Waals surface area (Å²) >= 11 is 0. The second-order valence-corrected chi connectivity index (χ2v) is 11.7. The van der Waals surface area contributed by atoms with E-state index in [9.17, 15) is 19.2 Å². The molecule has 212 valence electrons. The number of carbonyl (C=O) groups is 4. The molecule has 37 heavy (non-hydrogen) atoms. The van der Waals surface area contributed by atoms with Crippen molar-refractivity contribution in [2.45, 2.75) is 104 Å². The second kappa shape index (κ2) is 13.3. The van der Waals surface area contributed by atoms with E-state index in [1.165, 1.54) is 11.3 Å². The quantitative estimate of drug-likeness (QED) is 0.435. The lowest BCUT2D eigenvalue weighted by atomic mass is 9.85. The summed E-state index contributed by atoms with van der Waals surface area (Å²) in [5, 5.41) is 17.3. The Bertz CT molecular complexity index is 808. The number of carboxylic acid groups (broad SMARTS) is 1. The molecule has 0 saturated carbocycles. The van der Waals surface area contributed by atoms with Gasteiger partial charge in [0.05, 0.1) is 18.1 Å². The average molecular weight is 525 g/mol. The van der Waals surface area contributed by atoms with E-state index in [1.54, 1.807) is 14.0 Å². The van der Waals surface area contributed by atoms with Crippen LogP contribution in [0.1, 0.15) is 73.6 Å². The van der Waals surface area contributed by atoms with Crippen LogP contribution in [0.2, 0.25) is 0 Å². The number of hydrogen-bond donors (Lipinski definition) is 4. The van der Waals surface area contributed by atoms with Crippen molar-refractivity contribution < 1.29 is 24.3 Å². The van der Waals surface area contributed by atoms with Crippen LogP contribution in [0.3, 0.4) is 0 Å². The Hall–Kier alpha value is -2.56. The number of likely N-dealkylation sites (N-methyl/N-ethyl adjacent to an activating group) is 1. The summed E-state index contributed by atoms with van der Waals surface area (Å²) in [5.74, 6) is -0.237. The molecule has 4 atom stereocenters. The van der Waals surface area contributed by atoms with Crippen LogP contribution in [0.5, 0.6) is 0 Å². The highest BCUT2D eigenvalue weighted by Gasteiger charge is 2.49. The van der Waals surface area contributed by atoms with Crippen LogP contribution < -0.4 is 16.0 Å². The van der Waals surface area contributed by atoms with Gasteiger partial charge in [0.1, 0.15) is 6.04 Å². The highest BCUT2D eigenvalue weighted by Crippen LogP contribution is 2.34. The molecule has 3 heterocycles. The van der Waals surface area contributed by atoms with E-state index in [0.717, 1.165) is 38.8 Å². The van der Waals surface area contributed by atoms with E-state index < -0.39 is 17.6 Å². The van der Waals surface area contributed by atoms with Gasteiger partial charge >= 0.3 is 12.1 Å². The van der Waals surface area contributed by atoms with Crippen molar-refractivity contribution in [3.8, 4) is 0 Å². The molecule has 0 aromatic rings. The molecule has 0 radical (unpaired) electrons. The minimum Gasteiger partial charge on any atom is -0.465 e. The molecule has 4 N–H and O–H groups in total. The number of rotatable bonds is 5. The van der Waals surface area contributed by atoms with Crippen molar-refractivity contribution in [2.24, 2.45) is 5.41 Å². The van der Waals surface area contributed by atoms with Gasteiger partial charge in [0.25, 0.3) is 0 Å². The number of urea groups is 1. The van der Waals surface area contributed by atoms with Crippen LogP contribution in [0.4, 0.5) is 9.59 Å². The number of piperidine rings is 1. The van der Waals surface area contributed by atoms with Gasteiger partial charge in [-0.25, -0.2) is 9.59 Å². The van der Waals surface area contributed by atoms with Gasteiger partial charge in [0.2, 0.25) is 11.8 Å². The topological polar surface area (TPSA) is 134 Å². The Morgan fingerprint density at radius 2 is 1.38 bits per heavy atom.